The number of nitrogens with zero attached hydrogens (tertiary/aromatic N) is 1. The molecule has 0 fully saturated rings. The van der Waals surface area contributed by atoms with E-state index in [-0.39, 0.29) is 6.04 Å². The molecule has 2 unspecified atom stereocenters. The number of hydrogen-bond acceptors (Lipinski definition) is 3. The third-order valence-corrected chi connectivity index (χ3v) is 4.79. The number of aryl methyl sites for hydroxylation is 2. The predicted octanol–water partition coefficient (Wildman–Crippen LogP) is 3.39. The summed E-state index contributed by atoms with van der Waals surface area (Å²) in [6.07, 6.45) is 4.03. The van der Waals surface area contributed by atoms with Crippen LogP contribution in [0.15, 0.2) is 41.0 Å². The minimum atomic E-state index is 0.0837. The maximum Gasteiger partial charge on any atom is 0.0555 e. The van der Waals surface area contributed by atoms with Gasteiger partial charge in [0.05, 0.1) is 6.04 Å². The Labute approximate surface area is 127 Å². The van der Waals surface area contributed by atoms with Crippen LogP contribution < -0.4 is 11.3 Å². The van der Waals surface area contributed by atoms with E-state index in [1.807, 2.05) is 12.3 Å². The van der Waals surface area contributed by atoms with E-state index in [0.29, 0.717) is 5.92 Å². The van der Waals surface area contributed by atoms with Gasteiger partial charge < -0.3 is 0 Å². The number of halogens is 1. The summed E-state index contributed by atoms with van der Waals surface area (Å²) in [5.74, 6) is 6.19. The van der Waals surface area contributed by atoms with Crippen molar-refractivity contribution in [3.63, 3.8) is 0 Å². The fourth-order valence-electron chi connectivity index (χ4n) is 3.09. The van der Waals surface area contributed by atoms with Crippen molar-refractivity contribution in [1.82, 2.24) is 10.4 Å². The Kier molecular flexibility index (Phi) is 3.87. The van der Waals surface area contributed by atoms with Crippen molar-refractivity contribution in [2.24, 2.45) is 5.84 Å². The highest BCUT2D eigenvalue weighted by molar-refractivity contribution is 9.10. The van der Waals surface area contributed by atoms with Crippen LogP contribution in [0, 0.1) is 6.92 Å². The molecule has 3 nitrogen and oxygen atoms in total. The number of hydrogen-bond donors (Lipinski definition) is 2. The second-order valence-corrected chi connectivity index (χ2v) is 6.22. The predicted molar refractivity (Wildman–Crippen MR) is 84.2 cm³/mol. The van der Waals surface area contributed by atoms with Crippen molar-refractivity contribution in [1.29, 1.82) is 0 Å². The van der Waals surface area contributed by atoms with Crippen LogP contribution in [0.5, 0.6) is 0 Å². The molecule has 2 aromatic rings. The van der Waals surface area contributed by atoms with E-state index in [0.717, 1.165) is 17.3 Å². The van der Waals surface area contributed by atoms with Gasteiger partial charge in [0.15, 0.2) is 0 Å². The number of pyridine rings is 1. The fourth-order valence-corrected chi connectivity index (χ4v) is 3.59. The summed E-state index contributed by atoms with van der Waals surface area (Å²) in [6.45, 7) is 2.10. The molecule has 0 saturated heterocycles. The number of benzene rings is 1. The quantitative estimate of drug-likeness (QED) is 0.669. The largest absolute Gasteiger partial charge is 0.271 e. The van der Waals surface area contributed by atoms with Gasteiger partial charge in [-0.1, -0.05) is 39.7 Å². The van der Waals surface area contributed by atoms with Gasteiger partial charge in [0.2, 0.25) is 0 Å². The van der Waals surface area contributed by atoms with Crippen molar-refractivity contribution < 1.29 is 0 Å². The van der Waals surface area contributed by atoms with Gasteiger partial charge in [0, 0.05) is 22.3 Å². The van der Waals surface area contributed by atoms with Crippen LogP contribution >= 0.6 is 15.9 Å². The lowest BCUT2D eigenvalue weighted by Gasteiger charge is -2.25. The molecule has 1 aromatic carbocycles. The van der Waals surface area contributed by atoms with Crippen molar-refractivity contribution in [3.05, 3.63) is 63.4 Å². The molecule has 0 radical (unpaired) electrons. The number of aromatic nitrogens is 1. The molecule has 0 spiro atoms. The van der Waals surface area contributed by atoms with E-state index in [4.69, 9.17) is 5.84 Å². The lowest BCUT2D eigenvalue weighted by molar-refractivity contribution is 0.445. The van der Waals surface area contributed by atoms with Crippen molar-refractivity contribution in [2.45, 2.75) is 31.7 Å². The first-order valence-electron chi connectivity index (χ1n) is 6.86. The molecule has 1 heterocycles. The van der Waals surface area contributed by atoms with Gasteiger partial charge in [-0.3, -0.25) is 16.3 Å². The Hall–Kier alpha value is -1.23. The van der Waals surface area contributed by atoms with Crippen LogP contribution in [-0.4, -0.2) is 4.98 Å². The van der Waals surface area contributed by atoms with Crippen LogP contribution in [0.3, 0.4) is 0 Å². The average molecular weight is 332 g/mol. The lowest BCUT2D eigenvalue weighted by Crippen LogP contribution is -2.32. The first-order chi connectivity index (χ1) is 9.70. The third-order valence-electron chi connectivity index (χ3n) is 4.07. The summed E-state index contributed by atoms with van der Waals surface area (Å²) in [6, 6.07) is 10.6. The molecule has 4 heteroatoms. The van der Waals surface area contributed by atoms with Crippen molar-refractivity contribution in [2.75, 3.05) is 0 Å². The number of hydrazine groups is 1. The van der Waals surface area contributed by atoms with E-state index in [2.05, 4.69) is 57.5 Å². The van der Waals surface area contributed by atoms with Gasteiger partial charge in [-0.05, 0) is 43.0 Å². The molecule has 0 saturated carbocycles. The monoisotopic (exact) mass is 331 g/mol. The molecule has 20 heavy (non-hydrogen) atoms. The molecule has 0 bridgehead atoms. The maximum atomic E-state index is 5.86. The number of nitrogens with one attached hydrogen (secondary N) is 1. The maximum absolute atomic E-state index is 5.86. The lowest BCUT2D eigenvalue weighted by atomic mass is 9.90. The minimum Gasteiger partial charge on any atom is -0.271 e. The zero-order valence-electron chi connectivity index (χ0n) is 11.4. The van der Waals surface area contributed by atoms with E-state index in [1.165, 1.54) is 22.4 Å². The van der Waals surface area contributed by atoms with Crippen LogP contribution in [0.1, 0.15) is 40.8 Å². The van der Waals surface area contributed by atoms with Crippen LogP contribution in [0.25, 0.3) is 0 Å². The molecule has 1 aliphatic carbocycles. The second-order valence-electron chi connectivity index (χ2n) is 5.36. The normalized spacial score (nSPS) is 18.9. The van der Waals surface area contributed by atoms with Gasteiger partial charge in [-0.15, -0.1) is 0 Å². The first-order valence-corrected chi connectivity index (χ1v) is 7.66. The van der Waals surface area contributed by atoms with Crippen LogP contribution in [0.4, 0.5) is 0 Å². The zero-order chi connectivity index (χ0) is 14.1. The summed E-state index contributed by atoms with van der Waals surface area (Å²) in [5, 5.41) is 0. The topological polar surface area (TPSA) is 50.9 Å². The Morgan fingerprint density at radius 1 is 1.40 bits per heavy atom. The smallest absolute Gasteiger partial charge is 0.0555 e. The highest BCUT2D eigenvalue weighted by atomic mass is 79.9. The van der Waals surface area contributed by atoms with Gasteiger partial charge >= 0.3 is 0 Å². The Morgan fingerprint density at radius 3 is 3.05 bits per heavy atom. The fraction of sp³-hybridized carbons (Fsp3) is 0.312. The van der Waals surface area contributed by atoms with E-state index < -0.39 is 0 Å². The number of nitrogens with two attached hydrogens (primary N) is 1. The zero-order valence-corrected chi connectivity index (χ0v) is 13.0. The van der Waals surface area contributed by atoms with Crippen molar-refractivity contribution in [3.8, 4) is 0 Å². The molecular formula is C16H18BrN3. The Morgan fingerprint density at radius 2 is 2.25 bits per heavy atom. The molecule has 2 atom stereocenters. The molecule has 0 aliphatic heterocycles. The SMILES string of the molecule is Cc1ccc(Br)c(C(NN)C2CCc3cccnc32)c1. The summed E-state index contributed by atoms with van der Waals surface area (Å²) in [5.41, 5.74) is 7.98. The Bertz CT molecular complexity index is 627. The van der Waals surface area contributed by atoms with E-state index in [9.17, 15) is 0 Å². The molecule has 1 aromatic heterocycles. The summed E-state index contributed by atoms with van der Waals surface area (Å²) >= 11 is 3.64. The molecule has 104 valence electrons. The van der Waals surface area contributed by atoms with E-state index in [1.54, 1.807) is 0 Å². The third kappa shape index (κ3) is 2.39. The van der Waals surface area contributed by atoms with Crippen molar-refractivity contribution >= 4 is 15.9 Å². The minimum absolute atomic E-state index is 0.0837. The first kappa shape index (κ1) is 13.7. The summed E-state index contributed by atoms with van der Waals surface area (Å²) in [4.78, 5) is 4.58. The number of fused-ring (bicyclic) bond motifs is 1. The van der Waals surface area contributed by atoms with Gasteiger partial charge in [0.25, 0.3) is 0 Å². The average Bonchev–Trinajstić information content (AvgIpc) is 2.88. The summed E-state index contributed by atoms with van der Waals surface area (Å²) in [7, 11) is 0. The molecular weight excluding hydrogens is 314 g/mol. The van der Waals surface area contributed by atoms with Crippen LogP contribution in [-0.2, 0) is 6.42 Å². The molecule has 3 N–H and O–H groups in total. The van der Waals surface area contributed by atoms with Gasteiger partial charge in [0.1, 0.15) is 0 Å². The highest BCUT2D eigenvalue weighted by Gasteiger charge is 2.32. The standard InChI is InChI=1S/C16H18BrN3/c1-10-4-7-14(17)13(9-10)16(20-18)12-6-5-11-3-2-8-19-15(11)12/h2-4,7-9,12,16,20H,5-6,18H2,1H3. The Balaban J connectivity index is 2.01. The van der Waals surface area contributed by atoms with Crippen LogP contribution in [0.2, 0.25) is 0 Å². The van der Waals surface area contributed by atoms with Gasteiger partial charge in [-0.2, -0.15) is 0 Å². The molecule has 0 amide bonds. The number of rotatable bonds is 3. The summed E-state index contributed by atoms with van der Waals surface area (Å²) < 4.78 is 1.09. The highest BCUT2D eigenvalue weighted by Crippen LogP contribution is 2.41. The second kappa shape index (κ2) is 5.64. The molecule has 1 aliphatic rings. The van der Waals surface area contributed by atoms with E-state index >= 15 is 0 Å². The van der Waals surface area contributed by atoms with Gasteiger partial charge in [-0.25, -0.2) is 0 Å². The molecule has 3 rings (SSSR count).